The Morgan fingerprint density at radius 2 is 1.77 bits per heavy atom. The fourth-order valence-corrected chi connectivity index (χ4v) is 3.56. The minimum atomic E-state index is -3.47. The molecular weight excluding hydrogens is 440 g/mol. The predicted molar refractivity (Wildman–Crippen MR) is 120 cm³/mol. The van der Waals surface area contributed by atoms with Crippen molar-refractivity contribution in [3.8, 4) is 0 Å². The molecule has 10 heteroatoms. The van der Waals surface area contributed by atoms with Gasteiger partial charge in [-0.2, -0.15) is 0 Å². The van der Waals surface area contributed by atoms with Crippen molar-refractivity contribution in [3.05, 3.63) is 88.7 Å². The summed E-state index contributed by atoms with van der Waals surface area (Å²) in [6.45, 7) is 0.287. The lowest BCUT2D eigenvalue weighted by Gasteiger charge is -2.13. The second-order valence-corrected chi connectivity index (χ2v) is 8.77. The normalized spacial score (nSPS) is 10.9. The number of hydrogen-bond acceptors (Lipinski definition) is 5. The molecule has 0 aliphatic heterocycles. The van der Waals surface area contributed by atoms with Crippen molar-refractivity contribution in [2.45, 2.75) is 6.54 Å². The van der Waals surface area contributed by atoms with E-state index in [-0.39, 0.29) is 34.3 Å². The molecule has 2 amide bonds. The van der Waals surface area contributed by atoms with Gasteiger partial charge in [-0.3, -0.25) is 19.3 Å². The highest BCUT2D eigenvalue weighted by molar-refractivity contribution is 7.92. The van der Waals surface area contributed by atoms with E-state index in [2.05, 4.69) is 20.3 Å². The summed E-state index contributed by atoms with van der Waals surface area (Å²) in [5.74, 6) is -0.901. The van der Waals surface area contributed by atoms with Crippen LogP contribution in [0.2, 0.25) is 5.02 Å². The topological polar surface area (TPSA) is 117 Å². The minimum absolute atomic E-state index is 0.0599. The highest BCUT2D eigenvalue weighted by Crippen LogP contribution is 2.24. The number of anilines is 2. The smallest absolute Gasteiger partial charge is 0.257 e. The van der Waals surface area contributed by atoms with Crippen molar-refractivity contribution in [3.63, 3.8) is 0 Å². The molecule has 8 nitrogen and oxygen atoms in total. The van der Waals surface area contributed by atoms with E-state index in [1.165, 1.54) is 18.2 Å². The summed E-state index contributed by atoms with van der Waals surface area (Å²) in [5.41, 5.74) is 1.80. The van der Waals surface area contributed by atoms with Crippen LogP contribution in [0.4, 0.5) is 11.4 Å². The SMILES string of the molecule is CS(=O)(=O)Nc1ccc(C(=O)Nc2ccccc2C(=O)NCc2cccnc2)c(Cl)c1. The molecule has 2 aromatic carbocycles. The Balaban J connectivity index is 1.74. The van der Waals surface area contributed by atoms with Crippen molar-refractivity contribution in [1.29, 1.82) is 0 Å². The van der Waals surface area contributed by atoms with Gasteiger partial charge in [-0.05, 0) is 42.0 Å². The number of nitrogens with zero attached hydrogens (tertiary/aromatic N) is 1. The summed E-state index contributed by atoms with van der Waals surface area (Å²) in [7, 11) is -3.47. The van der Waals surface area contributed by atoms with Gasteiger partial charge in [0, 0.05) is 24.6 Å². The number of amides is 2. The molecule has 0 saturated heterocycles. The van der Waals surface area contributed by atoms with Gasteiger partial charge in [-0.25, -0.2) is 8.42 Å². The van der Waals surface area contributed by atoms with Crippen molar-refractivity contribution in [2.75, 3.05) is 16.3 Å². The first-order chi connectivity index (χ1) is 14.7. The second kappa shape index (κ2) is 9.59. The van der Waals surface area contributed by atoms with Gasteiger partial charge >= 0.3 is 0 Å². The maximum Gasteiger partial charge on any atom is 0.257 e. The number of rotatable bonds is 7. The molecule has 0 atom stereocenters. The average molecular weight is 459 g/mol. The van der Waals surface area contributed by atoms with Crippen LogP contribution in [0.3, 0.4) is 0 Å². The quantitative estimate of drug-likeness (QED) is 0.502. The van der Waals surface area contributed by atoms with Crippen molar-refractivity contribution in [2.24, 2.45) is 0 Å². The van der Waals surface area contributed by atoms with Crippen LogP contribution in [0, 0.1) is 0 Å². The molecule has 0 spiro atoms. The third kappa shape index (κ3) is 6.27. The Bertz CT molecular complexity index is 1220. The van der Waals surface area contributed by atoms with E-state index in [1.54, 1.807) is 42.7 Å². The van der Waals surface area contributed by atoms with E-state index in [4.69, 9.17) is 11.6 Å². The predicted octanol–water partition coefficient (Wildman–Crippen LogP) is 3.29. The maximum atomic E-state index is 12.7. The number of para-hydroxylation sites is 1. The van der Waals surface area contributed by atoms with E-state index in [0.717, 1.165) is 11.8 Å². The molecule has 1 heterocycles. The first-order valence-electron chi connectivity index (χ1n) is 9.08. The van der Waals surface area contributed by atoms with Gasteiger partial charge in [0.05, 0.1) is 28.1 Å². The number of sulfonamides is 1. The molecule has 0 bridgehead atoms. The lowest BCUT2D eigenvalue weighted by molar-refractivity contribution is 0.0951. The van der Waals surface area contributed by atoms with E-state index in [0.29, 0.717) is 5.69 Å². The lowest BCUT2D eigenvalue weighted by Crippen LogP contribution is -2.25. The third-order valence-corrected chi connectivity index (χ3v) is 5.03. The summed E-state index contributed by atoms with van der Waals surface area (Å²) in [6.07, 6.45) is 4.31. The summed E-state index contributed by atoms with van der Waals surface area (Å²) >= 11 is 6.16. The highest BCUT2D eigenvalue weighted by Gasteiger charge is 2.16. The number of halogens is 1. The highest BCUT2D eigenvalue weighted by atomic mass is 35.5. The standard InChI is InChI=1S/C21H19ClN4O4S/c1-31(29,30)26-15-8-9-16(18(22)11-15)21(28)25-19-7-3-2-6-17(19)20(27)24-13-14-5-4-10-23-12-14/h2-12,26H,13H2,1H3,(H,24,27)(H,25,28). The Labute approximate surface area is 184 Å². The Morgan fingerprint density at radius 3 is 2.45 bits per heavy atom. The summed E-state index contributed by atoms with van der Waals surface area (Å²) in [5, 5.41) is 5.53. The number of aromatic nitrogens is 1. The van der Waals surface area contributed by atoms with Gasteiger partial charge in [-0.15, -0.1) is 0 Å². The number of benzene rings is 2. The average Bonchev–Trinajstić information content (AvgIpc) is 2.72. The van der Waals surface area contributed by atoms with E-state index in [1.807, 2.05) is 6.07 Å². The maximum absolute atomic E-state index is 12.7. The van der Waals surface area contributed by atoms with Crippen LogP contribution in [0.15, 0.2) is 67.0 Å². The molecule has 0 aliphatic rings. The van der Waals surface area contributed by atoms with Gasteiger partial charge in [0.25, 0.3) is 11.8 Å². The monoisotopic (exact) mass is 458 g/mol. The molecule has 0 aliphatic carbocycles. The number of nitrogens with one attached hydrogen (secondary N) is 3. The Hall–Kier alpha value is -3.43. The van der Waals surface area contributed by atoms with Crippen molar-refractivity contribution >= 4 is 44.8 Å². The van der Waals surface area contributed by atoms with E-state index in [9.17, 15) is 18.0 Å². The minimum Gasteiger partial charge on any atom is -0.348 e. The molecule has 1 aromatic heterocycles. The molecule has 0 unspecified atom stereocenters. The van der Waals surface area contributed by atoms with Gasteiger partial charge in [0.1, 0.15) is 0 Å². The van der Waals surface area contributed by atoms with Crippen LogP contribution < -0.4 is 15.4 Å². The molecule has 0 fully saturated rings. The van der Waals surface area contributed by atoms with Crippen LogP contribution in [0.25, 0.3) is 0 Å². The molecule has 31 heavy (non-hydrogen) atoms. The number of carbonyl (C=O) groups excluding carboxylic acids is 2. The summed E-state index contributed by atoms with van der Waals surface area (Å²) < 4.78 is 25.0. The molecule has 0 saturated carbocycles. The lowest BCUT2D eigenvalue weighted by atomic mass is 10.1. The molecule has 3 rings (SSSR count). The summed E-state index contributed by atoms with van der Waals surface area (Å²) in [4.78, 5) is 29.3. The summed E-state index contributed by atoms with van der Waals surface area (Å²) in [6, 6.07) is 14.3. The largest absolute Gasteiger partial charge is 0.348 e. The molecular formula is C21H19ClN4O4S. The van der Waals surface area contributed by atoms with E-state index >= 15 is 0 Å². The number of hydrogen-bond donors (Lipinski definition) is 3. The zero-order chi connectivity index (χ0) is 22.4. The van der Waals surface area contributed by atoms with Crippen LogP contribution in [-0.2, 0) is 16.6 Å². The fraction of sp³-hybridized carbons (Fsp3) is 0.0952. The van der Waals surface area contributed by atoms with Crippen molar-refractivity contribution in [1.82, 2.24) is 10.3 Å². The first-order valence-corrected chi connectivity index (χ1v) is 11.3. The van der Waals surface area contributed by atoms with Crippen LogP contribution >= 0.6 is 11.6 Å². The fourth-order valence-electron chi connectivity index (χ4n) is 2.74. The Kier molecular flexibility index (Phi) is 6.88. The zero-order valence-corrected chi connectivity index (χ0v) is 18.0. The molecule has 3 aromatic rings. The van der Waals surface area contributed by atoms with Crippen molar-refractivity contribution < 1.29 is 18.0 Å². The van der Waals surface area contributed by atoms with Crippen LogP contribution in [0.1, 0.15) is 26.3 Å². The molecule has 3 N–H and O–H groups in total. The first kappa shape index (κ1) is 22.3. The van der Waals surface area contributed by atoms with Gasteiger partial charge < -0.3 is 10.6 Å². The van der Waals surface area contributed by atoms with Gasteiger partial charge in [0.2, 0.25) is 10.0 Å². The van der Waals surface area contributed by atoms with Gasteiger partial charge in [-0.1, -0.05) is 29.8 Å². The third-order valence-electron chi connectivity index (χ3n) is 4.11. The Morgan fingerprint density at radius 1 is 1.00 bits per heavy atom. The van der Waals surface area contributed by atoms with Gasteiger partial charge in [0.15, 0.2) is 0 Å². The zero-order valence-electron chi connectivity index (χ0n) is 16.4. The molecule has 160 valence electrons. The van der Waals surface area contributed by atoms with E-state index < -0.39 is 15.9 Å². The molecule has 0 radical (unpaired) electrons. The second-order valence-electron chi connectivity index (χ2n) is 6.61. The van der Waals surface area contributed by atoms with Crippen LogP contribution in [-0.4, -0.2) is 31.5 Å². The number of carbonyl (C=O) groups is 2. The number of pyridine rings is 1. The van der Waals surface area contributed by atoms with Crippen LogP contribution in [0.5, 0.6) is 0 Å².